The molecule has 1 aliphatic carbocycles. The molecule has 0 aromatic heterocycles. The molecule has 0 spiro atoms. The molecule has 0 fully saturated rings. The van der Waals surface area contributed by atoms with Crippen LogP contribution in [0.3, 0.4) is 0 Å². The Balaban J connectivity index is 0.000001000. The van der Waals surface area contributed by atoms with Crippen molar-refractivity contribution in [1.82, 2.24) is 0 Å². The Morgan fingerprint density at radius 2 is 1.82 bits per heavy atom. The summed E-state index contributed by atoms with van der Waals surface area (Å²) >= 11 is 0. The summed E-state index contributed by atoms with van der Waals surface area (Å²) in [7, 11) is 0. The lowest BCUT2D eigenvalue weighted by Crippen LogP contribution is -2.39. The van der Waals surface area contributed by atoms with E-state index >= 15 is 0 Å². The van der Waals surface area contributed by atoms with Gasteiger partial charge in [-0.05, 0) is 12.2 Å². The lowest BCUT2D eigenvalue weighted by Gasteiger charge is -2.12. The Labute approximate surface area is 68.9 Å². The zero-order valence-electron chi connectivity index (χ0n) is 5.43. The Morgan fingerprint density at radius 1 is 1.27 bits per heavy atom. The SMILES string of the molecule is Cl.O=C1C=CC(O)C(=O)C1O. The normalized spacial score (nSPS) is 30.0. The predicted molar refractivity (Wildman–Crippen MR) is 38.4 cm³/mol. The molecular formula is C6H7ClO4. The highest BCUT2D eigenvalue weighted by Gasteiger charge is 2.30. The molecule has 0 bridgehead atoms. The van der Waals surface area contributed by atoms with E-state index < -0.39 is 23.8 Å². The molecule has 2 unspecified atom stereocenters. The van der Waals surface area contributed by atoms with Crippen molar-refractivity contribution in [2.45, 2.75) is 12.2 Å². The first-order valence-electron chi connectivity index (χ1n) is 2.75. The number of Topliss-reactive ketones (excluding diaryl/α,β-unsaturated/α-hetero) is 1. The molecule has 4 nitrogen and oxygen atoms in total. The maximum Gasteiger partial charge on any atom is 0.201 e. The average molecular weight is 179 g/mol. The van der Waals surface area contributed by atoms with Crippen LogP contribution < -0.4 is 0 Å². The fourth-order valence-corrected chi connectivity index (χ4v) is 0.674. The minimum Gasteiger partial charge on any atom is -0.381 e. The van der Waals surface area contributed by atoms with Gasteiger partial charge in [0.2, 0.25) is 5.78 Å². The van der Waals surface area contributed by atoms with E-state index in [2.05, 4.69) is 0 Å². The Kier molecular flexibility index (Phi) is 3.38. The average Bonchev–Trinajstić information content (AvgIpc) is 1.93. The number of aliphatic hydroxyl groups is 2. The molecular weight excluding hydrogens is 172 g/mol. The smallest absolute Gasteiger partial charge is 0.201 e. The molecule has 0 amide bonds. The van der Waals surface area contributed by atoms with Gasteiger partial charge in [-0.15, -0.1) is 12.4 Å². The van der Waals surface area contributed by atoms with Gasteiger partial charge in [-0.2, -0.15) is 0 Å². The van der Waals surface area contributed by atoms with E-state index in [1.165, 1.54) is 0 Å². The van der Waals surface area contributed by atoms with E-state index in [1.807, 2.05) is 0 Å². The van der Waals surface area contributed by atoms with Gasteiger partial charge in [0.15, 0.2) is 11.9 Å². The summed E-state index contributed by atoms with van der Waals surface area (Å²) in [6.07, 6.45) is -0.943. The highest BCUT2D eigenvalue weighted by molar-refractivity contribution is 6.14. The van der Waals surface area contributed by atoms with Gasteiger partial charge in [0.05, 0.1) is 0 Å². The van der Waals surface area contributed by atoms with Crippen molar-refractivity contribution in [2.24, 2.45) is 0 Å². The van der Waals surface area contributed by atoms with Gasteiger partial charge in [-0.25, -0.2) is 0 Å². The Hall–Kier alpha value is -0.710. The van der Waals surface area contributed by atoms with Crippen LogP contribution in [-0.4, -0.2) is 34.0 Å². The summed E-state index contributed by atoms with van der Waals surface area (Å²) in [5.74, 6) is -1.53. The van der Waals surface area contributed by atoms with E-state index in [9.17, 15) is 9.59 Å². The summed E-state index contributed by atoms with van der Waals surface area (Å²) in [5, 5.41) is 17.4. The number of ketones is 2. The quantitative estimate of drug-likeness (QED) is 0.459. The lowest BCUT2D eigenvalue weighted by atomic mass is 10.00. The molecule has 2 atom stereocenters. The highest BCUT2D eigenvalue weighted by Crippen LogP contribution is 2.03. The van der Waals surface area contributed by atoms with Gasteiger partial charge < -0.3 is 10.2 Å². The second kappa shape index (κ2) is 3.61. The van der Waals surface area contributed by atoms with E-state index in [0.29, 0.717) is 0 Å². The van der Waals surface area contributed by atoms with Crippen molar-refractivity contribution >= 4 is 24.0 Å². The first-order valence-corrected chi connectivity index (χ1v) is 2.75. The molecule has 0 aromatic carbocycles. The van der Waals surface area contributed by atoms with Crippen molar-refractivity contribution in [3.05, 3.63) is 12.2 Å². The topological polar surface area (TPSA) is 74.6 Å². The van der Waals surface area contributed by atoms with Crippen LogP contribution in [0.5, 0.6) is 0 Å². The number of aliphatic hydroxyl groups excluding tert-OH is 2. The van der Waals surface area contributed by atoms with E-state index in [1.54, 1.807) is 0 Å². The molecule has 0 aromatic rings. The van der Waals surface area contributed by atoms with Crippen LogP contribution in [-0.2, 0) is 9.59 Å². The maximum atomic E-state index is 10.6. The third kappa shape index (κ3) is 1.86. The second-order valence-electron chi connectivity index (χ2n) is 2.01. The van der Waals surface area contributed by atoms with Crippen LogP contribution in [0.4, 0.5) is 0 Å². The van der Waals surface area contributed by atoms with E-state index in [4.69, 9.17) is 10.2 Å². The summed E-state index contributed by atoms with van der Waals surface area (Å²) in [6.45, 7) is 0. The number of carbonyl (C=O) groups is 2. The second-order valence-corrected chi connectivity index (χ2v) is 2.01. The minimum atomic E-state index is -1.67. The van der Waals surface area contributed by atoms with Crippen LogP contribution in [0.25, 0.3) is 0 Å². The van der Waals surface area contributed by atoms with Crippen LogP contribution in [0.2, 0.25) is 0 Å². The molecule has 0 saturated carbocycles. The fourth-order valence-electron chi connectivity index (χ4n) is 0.674. The summed E-state index contributed by atoms with van der Waals surface area (Å²) in [6, 6.07) is 0. The minimum absolute atomic E-state index is 0. The Morgan fingerprint density at radius 3 is 2.27 bits per heavy atom. The van der Waals surface area contributed by atoms with Gasteiger partial charge in [0, 0.05) is 0 Å². The zero-order valence-corrected chi connectivity index (χ0v) is 6.25. The van der Waals surface area contributed by atoms with Gasteiger partial charge in [0.25, 0.3) is 0 Å². The number of carbonyl (C=O) groups excluding carboxylic acids is 2. The Bertz CT molecular complexity index is 211. The van der Waals surface area contributed by atoms with Gasteiger partial charge in [-0.3, -0.25) is 9.59 Å². The lowest BCUT2D eigenvalue weighted by molar-refractivity contribution is -0.141. The molecule has 0 heterocycles. The largest absolute Gasteiger partial charge is 0.381 e. The van der Waals surface area contributed by atoms with E-state index in [0.717, 1.165) is 12.2 Å². The number of halogens is 1. The monoisotopic (exact) mass is 178 g/mol. The molecule has 1 rings (SSSR count). The van der Waals surface area contributed by atoms with Crippen molar-refractivity contribution in [2.75, 3.05) is 0 Å². The van der Waals surface area contributed by atoms with Crippen molar-refractivity contribution < 1.29 is 19.8 Å². The van der Waals surface area contributed by atoms with Crippen molar-refractivity contribution in [1.29, 1.82) is 0 Å². The van der Waals surface area contributed by atoms with Gasteiger partial charge in [0.1, 0.15) is 6.10 Å². The predicted octanol–water partition coefficient (Wildman–Crippen LogP) is -1.16. The van der Waals surface area contributed by atoms with Crippen LogP contribution >= 0.6 is 12.4 Å². The van der Waals surface area contributed by atoms with Gasteiger partial charge in [-0.1, -0.05) is 0 Å². The first-order chi connectivity index (χ1) is 4.63. The molecule has 5 heteroatoms. The zero-order chi connectivity index (χ0) is 7.72. The highest BCUT2D eigenvalue weighted by atomic mass is 35.5. The fraction of sp³-hybridized carbons (Fsp3) is 0.333. The molecule has 2 N–H and O–H groups in total. The summed E-state index contributed by atoms with van der Waals surface area (Å²) in [5.41, 5.74) is 0. The van der Waals surface area contributed by atoms with Gasteiger partial charge >= 0.3 is 0 Å². The summed E-state index contributed by atoms with van der Waals surface area (Å²) < 4.78 is 0. The van der Waals surface area contributed by atoms with Crippen LogP contribution in [0, 0.1) is 0 Å². The molecule has 62 valence electrons. The number of hydrogen-bond acceptors (Lipinski definition) is 4. The number of rotatable bonds is 0. The van der Waals surface area contributed by atoms with Crippen LogP contribution in [0.15, 0.2) is 12.2 Å². The standard InChI is InChI=1S/C6H6O4.ClH/c7-3-1-2-4(8)6(10)5(3)9;/h1-3,6-7,10H;1H. The summed E-state index contributed by atoms with van der Waals surface area (Å²) in [4.78, 5) is 21.0. The molecule has 1 aliphatic rings. The van der Waals surface area contributed by atoms with E-state index in [-0.39, 0.29) is 12.4 Å². The van der Waals surface area contributed by atoms with Crippen LogP contribution in [0.1, 0.15) is 0 Å². The molecule has 11 heavy (non-hydrogen) atoms. The maximum absolute atomic E-state index is 10.6. The molecule has 0 saturated heterocycles. The molecule has 0 aliphatic heterocycles. The van der Waals surface area contributed by atoms with Crippen molar-refractivity contribution in [3.8, 4) is 0 Å². The third-order valence-electron chi connectivity index (χ3n) is 1.27. The third-order valence-corrected chi connectivity index (χ3v) is 1.27. The molecule has 0 radical (unpaired) electrons. The van der Waals surface area contributed by atoms with Crippen molar-refractivity contribution in [3.63, 3.8) is 0 Å². The first kappa shape index (κ1) is 10.3. The number of hydrogen-bond donors (Lipinski definition) is 2.